The first-order valence-corrected chi connectivity index (χ1v) is 8.56. The highest BCUT2D eigenvalue weighted by molar-refractivity contribution is 5.99. The van der Waals surface area contributed by atoms with Crippen molar-refractivity contribution in [3.63, 3.8) is 0 Å². The van der Waals surface area contributed by atoms with E-state index in [4.69, 9.17) is 0 Å². The highest BCUT2D eigenvalue weighted by atomic mass is 35.5. The number of likely N-dealkylation sites (tertiary alicyclic amines) is 1. The second-order valence-corrected chi connectivity index (χ2v) is 7.23. The molecule has 0 bridgehead atoms. The van der Waals surface area contributed by atoms with Crippen molar-refractivity contribution in [2.24, 2.45) is 11.3 Å². The molecule has 4 rings (SSSR count). The maximum absolute atomic E-state index is 14.0. The smallest absolute Gasteiger partial charge is 0.311 e. The molecule has 2 aliphatic heterocycles. The van der Waals surface area contributed by atoms with Crippen LogP contribution in [0.3, 0.4) is 0 Å². The number of nitrogens with zero attached hydrogens (tertiary/aromatic N) is 2. The van der Waals surface area contributed by atoms with Gasteiger partial charge in [0.1, 0.15) is 5.82 Å². The summed E-state index contributed by atoms with van der Waals surface area (Å²) in [5.74, 6) is -1.11. The molecule has 2 saturated heterocycles. The fourth-order valence-electron chi connectivity index (χ4n) is 4.83. The number of rotatable bonds is 3. The number of carbonyl (C=O) groups is 2. The molecule has 1 amide bonds. The Morgan fingerprint density at radius 2 is 2.04 bits per heavy atom. The van der Waals surface area contributed by atoms with Gasteiger partial charge in [0.15, 0.2) is 0 Å². The Hall–Kier alpha value is -1.66. The lowest BCUT2D eigenvalue weighted by atomic mass is 9.81. The van der Waals surface area contributed by atoms with Gasteiger partial charge in [0, 0.05) is 19.6 Å². The second-order valence-electron chi connectivity index (χ2n) is 7.23. The Morgan fingerprint density at radius 1 is 1.28 bits per heavy atom. The van der Waals surface area contributed by atoms with Gasteiger partial charge in [-0.2, -0.15) is 0 Å². The lowest BCUT2D eigenvalue weighted by molar-refractivity contribution is -0.149. The number of carboxylic acids is 1. The van der Waals surface area contributed by atoms with Gasteiger partial charge in [-0.1, -0.05) is 18.6 Å². The summed E-state index contributed by atoms with van der Waals surface area (Å²) in [6, 6.07) is 5.97. The van der Waals surface area contributed by atoms with E-state index in [2.05, 4.69) is 0 Å². The number of benzene rings is 1. The molecule has 7 heteroatoms. The molecule has 5 nitrogen and oxygen atoms in total. The van der Waals surface area contributed by atoms with Gasteiger partial charge in [-0.25, -0.2) is 4.39 Å². The summed E-state index contributed by atoms with van der Waals surface area (Å²) in [7, 11) is 0. The largest absolute Gasteiger partial charge is 0.481 e. The molecule has 2 heterocycles. The van der Waals surface area contributed by atoms with Crippen molar-refractivity contribution in [2.45, 2.75) is 31.7 Å². The fourth-order valence-corrected chi connectivity index (χ4v) is 4.83. The predicted octanol–water partition coefficient (Wildman–Crippen LogP) is 2.54. The third kappa shape index (κ3) is 2.72. The van der Waals surface area contributed by atoms with Crippen molar-refractivity contribution in [1.29, 1.82) is 0 Å². The van der Waals surface area contributed by atoms with E-state index >= 15 is 0 Å². The number of aliphatic carboxylic acids is 1. The fraction of sp³-hybridized carbons (Fsp3) is 0.556. The summed E-state index contributed by atoms with van der Waals surface area (Å²) >= 11 is 0. The van der Waals surface area contributed by atoms with Crippen LogP contribution in [0.1, 0.15) is 25.7 Å². The molecule has 1 aliphatic carbocycles. The number of anilines is 1. The molecule has 1 aromatic carbocycles. The van der Waals surface area contributed by atoms with Crippen molar-refractivity contribution in [1.82, 2.24) is 4.90 Å². The molecular weight excluding hydrogens is 347 g/mol. The summed E-state index contributed by atoms with van der Waals surface area (Å²) in [4.78, 5) is 28.1. The van der Waals surface area contributed by atoms with Crippen molar-refractivity contribution in [2.75, 3.05) is 24.5 Å². The number of halogens is 2. The van der Waals surface area contributed by atoms with E-state index in [1.165, 1.54) is 11.0 Å². The number of fused-ring (bicyclic) bond motifs is 1. The lowest BCUT2D eigenvalue weighted by Crippen LogP contribution is -2.43. The van der Waals surface area contributed by atoms with E-state index in [0.29, 0.717) is 38.2 Å². The van der Waals surface area contributed by atoms with Gasteiger partial charge in [0.05, 0.1) is 17.1 Å². The van der Waals surface area contributed by atoms with Gasteiger partial charge in [-0.15, -0.1) is 12.4 Å². The van der Waals surface area contributed by atoms with E-state index in [-0.39, 0.29) is 30.3 Å². The second kappa shape index (κ2) is 6.57. The minimum atomic E-state index is -0.732. The van der Waals surface area contributed by atoms with Crippen molar-refractivity contribution < 1.29 is 19.1 Å². The van der Waals surface area contributed by atoms with Crippen molar-refractivity contribution in [3.05, 3.63) is 30.1 Å². The number of hydrogen-bond acceptors (Lipinski definition) is 3. The Bertz CT molecular complexity index is 701. The molecule has 1 aromatic rings. The summed E-state index contributed by atoms with van der Waals surface area (Å²) in [6.07, 6.45) is 3.18. The topological polar surface area (TPSA) is 60.9 Å². The quantitative estimate of drug-likeness (QED) is 0.890. The zero-order valence-corrected chi connectivity index (χ0v) is 14.7. The van der Waals surface area contributed by atoms with Gasteiger partial charge in [-0.05, 0) is 37.3 Å². The molecule has 0 radical (unpaired) electrons. The molecule has 1 unspecified atom stereocenters. The Balaban J connectivity index is 0.00000182. The monoisotopic (exact) mass is 368 g/mol. The van der Waals surface area contributed by atoms with Crippen LogP contribution in [0.15, 0.2) is 24.3 Å². The summed E-state index contributed by atoms with van der Waals surface area (Å²) < 4.78 is 14.0. The van der Waals surface area contributed by atoms with Crippen LogP contribution >= 0.6 is 12.4 Å². The van der Waals surface area contributed by atoms with Crippen LogP contribution < -0.4 is 4.90 Å². The Morgan fingerprint density at radius 3 is 2.72 bits per heavy atom. The molecule has 136 valence electrons. The van der Waals surface area contributed by atoms with Crippen LogP contribution in [0.5, 0.6) is 0 Å². The minimum absolute atomic E-state index is 0. The number of amides is 1. The standard InChI is InChI=1S/C18H21FN2O3.ClH/c19-13-5-1-2-6-14(13)21-9-7-15(16(21)22)20-10-12-4-3-8-18(12,11-20)17(23)24;/h1-2,5-6,12,15H,3-4,7-11H2,(H,23,24);1H/t12-,15?,18+;/m0./s1. The third-order valence-electron chi connectivity index (χ3n) is 6.08. The molecule has 1 N–H and O–H groups in total. The average molecular weight is 369 g/mol. The predicted molar refractivity (Wildman–Crippen MR) is 93.4 cm³/mol. The minimum Gasteiger partial charge on any atom is -0.481 e. The van der Waals surface area contributed by atoms with Gasteiger partial charge in [0.2, 0.25) is 5.91 Å². The number of carboxylic acid groups (broad SMARTS) is 1. The van der Waals surface area contributed by atoms with E-state index in [1.807, 2.05) is 4.90 Å². The zero-order valence-electron chi connectivity index (χ0n) is 13.9. The first-order chi connectivity index (χ1) is 11.5. The van der Waals surface area contributed by atoms with Crippen molar-refractivity contribution in [3.8, 4) is 0 Å². The van der Waals surface area contributed by atoms with Crippen LogP contribution in [0, 0.1) is 17.2 Å². The first kappa shape index (κ1) is 18.1. The lowest BCUT2D eigenvalue weighted by Gasteiger charge is -2.26. The average Bonchev–Trinajstić information content (AvgIpc) is 3.20. The normalized spacial score (nSPS) is 31.9. The van der Waals surface area contributed by atoms with Crippen LogP contribution in [0.4, 0.5) is 10.1 Å². The Kier molecular flexibility index (Phi) is 4.77. The Labute approximate surface area is 152 Å². The molecular formula is C18H22ClFN2O3. The molecule has 3 aliphatic rings. The molecule has 3 fully saturated rings. The highest BCUT2D eigenvalue weighted by Crippen LogP contribution is 2.50. The SMILES string of the molecule is Cl.O=C1C(N2C[C@@H]3CCC[C@@]3(C(=O)O)C2)CCN1c1ccccc1F. The molecule has 3 atom stereocenters. The van der Waals surface area contributed by atoms with Crippen LogP contribution in [-0.2, 0) is 9.59 Å². The van der Waals surface area contributed by atoms with Gasteiger partial charge in [0.25, 0.3) is 0 Å². The van der Waals surface area contributed by atoms with Crippen LogP contribution in [-0.4, -0.2) is 47.6 Å². The summed E-state index contributed by atoms with van der Waals surface area (Å²) in [5, 5.41) is 9.70. The van der Waals surface area contributed by atoms with Crippen LogP contribution in [0.25, 0.3) is 0 Å². The molecule has 0 spiro atoms. The highest BCUT2D eigenvalue weighted by Gasteiger charge is 2.57. The summed E-state index contributed by atoms with van der Waals surface area (Å²) in [5.41, 5.74) is -0.372. The van der Waals surface area contributed by atoms with Gasteiger partial charge in [-0.3, -0.25) is 14.5 Å². The molecule has 25 heavy (non-hydrogen) atoms. The molecule has 0 aromatic heterocycles. The third-order valence-corrected chi connectivity index (χ3v) is 6.08. The maximum Gasteiger partial charge on any atom is 0.311 e. The van der Waals surface area contributed by atoms with Crippen LogP contribution in [0.2, 0.25) is 0 Å². The van der Waals surface area contributed by atoms with Crippen molar-refractivity contribution >= 4 is 30.0 Å². The van der Waals surface area contributed by atoms with Gasteiger partial charge >= 0.3 is 5.97 Å². The zero-order chi connectivity index (χ0) is 16.9. The van der Waals surface area contributed by atoms with E-state index in [9.17, 15) is 19.1 Å². The number of para-hydroxylation sites is 1. The van der Waals surface area contributed by atoms with E-state index < -0.39 is 17.2 Å². The number of hydrogen-bond donors (Lipinski definition) is 1. The maximum atomic E-state index is 14.0. The number of carbonyl (C=O) groups excluding carboxylic acids is 1. The van der Waals surface area contributed by atoms with Gasteiger partial charge < -0.3 is 10.0 Å². The van der Waals surface area contributed by atoms with E-state index in [0.717, 1.165) is 12.8 Å². The summed E-state index contributed by atoms with van der Waals surface area (Å²) in [6.45, 7) is 1.58. The first-order valence-electron chi connectivity index (χ1n) is 8.56. The molecule has 1 saturated carbocycles. The van der Waals surface area contributed by atoms with E-state index in [1.54, 1.807) is 18.2 Å².